The summed E-state index contributed by atoms with van der Waals surface area (Å²) in [5.41, 5.74) is 5.15. The quantitative estimate of drug-likeness (QED) is 0.351. The van der Waals surface area contributed by atoms with Gasteiger partial charge in [0.15, 0.2) is 5.79 Å². The van der Waals surface area contributed by atoms with Crippen LogP contribution in [0.4, 0.5) is 0 Å². The summed E-state index contributed by atoms with van der Waals surface area (Å²) in [6.07, 6.45) is -0.106. The summed E-state index contributed by atoms with van der Waals surface area (Å²) in [5.74, 6) is -1.92. The van der Waals surface area contributed by atoms with Crippen LogP contribution in [-0.4, -0.2) is 33.8 Å². The standard InChI is InChI=1S/C5H13NO3/c1-4(6)5(8,9)2-3-7/h4,7-9H,2-3,6H2,1H3/t4-/m0/s1. The molecule has 4 heteroatoms. The van der Waals surface area contributed by atoms with Gasteiger partial charge in [-0.1, -0.05) is 0 Å². The van der Waals surface area contributed by atoms with E-state index in [1.165, 1.54) is 6.92 Å². The number of nitrogens with two attached hydrogens (primary N) is 1. The highest BCUT2D eigenvalue weighted by Gasteiger charge is 2.26. The Hall–Kier alpha value is -0.160. The smallest absolute Gasteiger partial charge is 0.180 e. The number of hydrogen-bond acceptors (Lipinski definition) is 4. The topological polar surface area (TPSA) is 86.7 Å². The first-order valence-corrected chi connectivity index (χ1v) is 2.82. The van der Waals surface area contributed by atoms with Crippen LogP contribution in [0, 0.1) is 0 Å². The fourth-order valence-electron chi connectivity index (χ4n) is 0.392. The van der Waals surface area contributed by atoms with Gasteiger partial charge in [-0.2, -0.15) is 0 Å². The predicted octanol–water partition coefficient (Wildman–Crippen LogP) is -1.60. The molecular formula is C5H13NO3. The normalized spacial score (nSPS) is 15.7. The minimum atomic E-state index is -1.92. The summed E-state index contributed by atoms with van der Waals surface area (Å²) in [5, 5.41) is 26.0. The van der Waals surface area contributed by atoms with Gasteiger partial charge in [-0.15, -0.1) is 0 Å². The zero-order valence-corrected chi connectivity index (χ0v) is 5.41. The molecule has 0 saturated heterocycles. The lowest BCUT2D eigenvalue weighted by atomic mass is 10.1. The van der Waals surface area contributed by atoms with Crippen molar-refractivity contribution in [2.24, 2.45) is 5.73 Å². The lowest BCUT2D eigenvalue weighted by molar-refractivity contribution is -0.182. The highest BCUT2D eigenvalue weighted by atomic mass is 16.5. The molecule has 0 bridgehead atoms. The van der Waals surface area contributed by atoms with E-state index in [2.05, 4.69) is 0 Å². The minimum absolute atomic E-state index is 0.106. The summed E-state index contributed by atoms with van der Waals surface area (Å²) in [6.45, 7) is 1.20. The Bertz CT molecular complexity index is 82.3. The third-order valence-electron chi connectivity index (χ3n) is 1.21. The van der Waals surface area contributed by atoms with E-state index >= 15 is 0 Å². The van der Waals surface area contributed by atoms with E-state index in [0.717, 1.165) is 0 Å². The molecule has 5 N–H and O–H groups in total. The molecule has 9 heavy (non-hydrogen) atoms. The average Bonchev–Trinajstić information content (AvgIpc) is 1.65. The Labute approximate surface area is 53.9 Å². The summed E-state index contributed by atoms with van der Waals surface area (Å²) >= 11 is 0. The van der Waals surface area contributed by atoms with Crippen LogP contribution in [0.3, 0.4) is 0 Å². The van der Waals surface area contributed by atoms with Crippen molar-refractivity contribution in [2.45, 2.75) is 25.2 Å². The highest BCUT2D eigenvalue weighted by molar-refractivity contribution is 4.73. The van der Waals surface area contributed by atoms with Gasteiger partial charge in [0.2, 0.25) is 0 Å². The zero-order chi connectivity index (χ0) is 7.49. The Kier molecular flexibility index (Phi) is 3.07. The lowest BCUT2D eigenvalue weighted by Gasteiger charge is -2.24. The molecule has 1 atom stereocenters. The second-order valence-electron chi connectivity index (χ2n) is 2.14. The van der Waals surface area contributed by atoms with Crippen molar-refractivity contribution in [3.8, 4) is 0 Å². The molecular weight excluding hydrogens is 122 g/mol. The molecule has 0 aliphatic heterocycles. The maximum Gasteiger partial charge on any atom is 0.180 e. The van der Waals surface area contributed by atoms with Gasteiger partial charge in [0.25, 0.3) is 0 Å². The summed E-state index contributed by atoms with van der Waals surface area (Å²) in [6, 6.07) is -0.732. The molecule has 4 nitrogen and oxygen atoms in total. The van der Waals surface area contributed by atoms with Crippen molar-refractivity contribution >= 4 is 0 Å². The van der Waals surface area contributed by atoms with E-state index in [0.29, 0.717) is 0 Å². The van der Waals surface area contributed by atoms with Gasteiger partial charge >= 0.3 is 0 Å². The summed E-state index contributed by atoms with van der Waals surface area (Å²) in [7, 11) is 0. The van der Waals surface area contributed by atoms with Crippen molar-refractivity contribution in [2.75, 3.05) is 6.61 Å². The van der Waals surface area contributed by atoms with Crippen LogP contribution in [0.2, 0.25) is 0 Å². The average molecular weight is 135 g/mol. The van der Waals surface area contributed by atoms with E-state index in [4.69, 9.17) is 21.1 Å². The SMILES string of the molecule is C[C@H](N)C(O)(O)CCO. The number of hydrogen-bond donors (Lipinski definition) is 4. The van der Waals surface area contributed by atoms with Crippen molar-refractivity contribution < 1.29 is 15.3 Å². The van der Waals surface area contributed by atoms with Crippen molar-refractivity contribution in [1.82, 2.24) is 0 Å². The molecule has 0 aromatic rings. The number of rotatable bonds is 3. The van der Waals surface area contributed by atoms with E-state index in [9.17, 15) is 0 Å². The Morgan fingerprint density at radius 1 is 1.56 bits per heavy atom. The largest absolute Gasteiger partial charge is 0.396 e. The lowest BCUT2D eigenvalue weighted by Crippen LogP contribution is -2.46. The summed E-state index contributed by atoms with van der Waals surface area (Å²) in [4.78, 5) is 0. The molecule has 0 heterocycles. The first-order valence-electron chi connectivity index (χ1n) is 2.82. The molecule has 0 spiro atoms. The molecule has 0 unspecified atom stereocenters. The predicted molar refractivity (Wildman–Crippen MR) is 32.5 cm³/mol. The number of aliphatic hydroxyl groups excluding tert-OH is 1. The van der Waals surface area contributed by atoms with Gasteiger partial charge in [-0.05, 0) is 6.92 Å². The van der Waals surface area contributed by atoms with Crippen molar-refractivity contribution in [1.29, 1.82) is 0 Å². The molecule has 0 aromatic heterocycles. The Morgan fingerprint density at radius 2 is 2.00 bits per heavy atom. The van der Waals surface area contributed by atoms with Crippen molar-refractivity contribution in [3.05, 3.63) is 0 Å². The van der Waals surface area contributed by atoms with Gasteiger partial charge in [0.1, 0.15) is 0 Å². The van der Waals surface area contributed by atoms with Crippen LogP contribution in [0.15, 0.2) is 0 Å². The molecule has 0 amide bonds. The third kappa shape index (κ3) is 2.76. The van der Waals surface area contributed by atoms with Gasteiger partial charge in [-0.3, -0.25) is 0 Å². The van der Waals surface area contributed by atoms with Gasteiger partial charge in [0.05, 0.1) is 6.04 Å². The van der Waals surface area contributed by atoms with Crippen LogP contribution >= 0.6 is 0 Å². The molecule has 0 aliphatic carbocycles. The maximum absolute atomic E-state index is 8.86. The molecule has 0 aromatic carbocycles. The zero-order valence-electron chi connectivity index (χ0n) is 5.41. The van der Waals surface area contributed by atoms with E-state index in [1.807, 2.05) is 0 Å². The molecule has 56 valence electrons. The summed E-state index contributed by atoms with van der Waals surface area (Å²) < 4.78 is 0. The molecule has 0 radical (unpaired) electrons. The maximum atomic E-state index is 8.86. The van der Waals surface area contributed by atoms with E-state index < -0.39 is 11.8 Å². The fraction of sp³-hybridized carbons (Fsp3) is 1.00. The first-order chi connectivity index (χ1) is 4.00. The van der Waals surface area contributed by atoms with Gasteiger partial charge in [-0.25, -0.2) is 0 Å². The molecule has 0 aliphatic rings. The number of aliphatic hydroxyl groups is 3. The van der Waals surface area contributed by atoms with Gasteiger partial charge < -0.3 is 21.1 Å². The van der Waals surface area contributed by atoms with Crippen molar-refractivity contribution in [3.63, 3.8) is 0 Å². The Balaban J connectivity index is 3.70. The van der Waals surface area contributed by atoms with Crippen LogP contribution in [0.5, 0.6) is 0 Å². The highest BCUT2D eigenvalue weighted by Crippen LogP contribution is 2.07. The second kappa shape index (κ2) is 3.12. The van der Waals surface area contributed by atoms with E-state index in [1.54, 1.807) is 0 Å². The first kappa shape index (κ1) is 8.84. The van der Waals surface area contributed by atoms with Crippen LogP contribution in [-0.2, 0) is 0 Å². The molecule has 0 fully saturated rings. The van der Waals surface area contributed by atoms with E-state index in [-0.39, 0.29) is 13.0 Å². The fourth-order valence-corrected chi connectivity index (χ4v) is 0.392. The minimum Gasteiger partial charge on any atom is -0.396 e. The Morgan fingerprint density at radius 3 is 2.11 bits per heavy atom. The monoisotopic (exact) mass is 135 g/mol. The van der Waals surface area contributed by atoms with Crippen LogP contribution in [0.1, 0.15) is 13.3 Å². The second-order valence-corrected chi connectivity index (χ2v) is 2.14. The van der Waals surface area contributed by atoms with Gasteiger partial charge in [0, 0.05) is 13.0 Å². The molecule has 0 rings (SSSR count). The van der Waals surface area contributed by atoms with Crippen LogP contribution in [0.25, 0.3) is 0 Å². The van der Waals surface area contributed by atoms with Crippen LogP contribution < -0.4 is 5.73 Å². The molecule has 0 saturated carbocycles. The third-order valence-corrected chi connectivity index (χ3v) is 1.21.